The van der Waals surface area contributed by atoms with Crippen molar-refractivity contribution >= 4 is 23.3 Å². The molecule has 1 heterocycles. The Bertz CT molecular complexity index is 588. The quantitative estimate of drug-likeness (QED) is 0.759. The Kier molecular flexibility index (Phi) is 6.78. The van der Waals surface area contributed by atoms with Crippen molar-refractivity contribution in [3.8, 4) is 0 Å². The zero-order chi connectivity index (χ0) is 18.4. The third-order valence-corrected chi connectivity index (χ3v) is 4.24. The fraction of sp³-hybridized carbons (Fsp3) is 0.556. The van der Waals surface area contributed by atoms with Gasteiger partial charge in [0.2, 0.25) is 5.91 Å². The van der Waals surface area contributed by atoms with Crippen molar-refractivity contribution in [3.05, 3.63) is 24.3 Å². The van der Waals surface area contributed by atoms with Crippen LogP contribution < -0.4 is 10.6 Å². The van der Waals surface area contributed by atoms with Gasteiger partial charge in [-0.2, -0.15) is 0 Å². The molecular weight excluding hydrogens is 320 g/mol. The molecule has 1 fully saturated rings. The Morgan fingerprint density at radius 3 is 2.32 bits per heavy atom. The van der Waals surface area contributed by atoms with Gasteiger partial charge in [-0.05, 0) is 38.1 Å². The maximum atomic E-state index is 12.5. The molecule has 1 aromatic carbocycles. The minimum Gasteiger partial charge on any atom is -0.392 e. The summed E-state index contributed by atoms with van der Waals surface area (Å²) in [6.07, 6.45) is 0.0662. The largest absolute Gasteiger partial charge is 0.392 e. The molecule has 138 valence electrons. The first-order valence-electron chi connectivity index (χ1n) is 8.77. The number of β-amino-alcohol motifs (C(OH)–C–C–N with tert-alkyl or cyclic N) is 1. The van der Waals surface area contributed by atoms with Gasteiger partial charge < -0.3 is 20.6 Å². The van der Waals surface area contributed by atoms with Gasteiger partial charge in [0.25, 0.3) is 0 Å². The first-order valence-corrected chi connectivity index (χ1v) is 8.77. The lowest BCUT2D eigenvalue weighted by atomic mass is 10.2. The number of amides is 3. The second-order valence-electron chi connectivity index (χ2n) is 6.56. The summed E-state index contributed by atoms with van der Waals surface area (Å²) in [5.41, 5.74) is 1.41. The van der Waals surface area contributed by atoms with E-state index in [2.05, 4.69) is 15.5 Å². The molecule has 7 heteroatoms. The van der Waals surface area contributed by atoms with Crippen molar-refractivity contribution in [3.63, 3.8) is 0 Å². The summed E-state index contributed by atoms with van der Waals surface area (Å²) < 4.78 is 0. The fourth-order valence-corrected chi connectivity index (χ4v) is 2.96. The van der Waals surface area contributed by atoms with Crippen molar-refractivity contribution in [1.82, 2.24) is 9.80 Å². The van der Waals surface area contributed by atoms with Crippen LogP contribution in [0.2, 0.25) is 0 Å². The molecule has 0 radical (unpaired) electrons. The molecule has 0 saturated carbocycles. The van der Waals surface area contributed by atoms with Crippen LogP contribution in [0.5, 0.6) is 0 Å². The predicted octanol–water partition coefficient (Wildman–Crippen LogP) is 1.95. The van der Waals surface area contributed by atoms with E-state index < -0.39 is 0 Å². The number of aliphatic hydroxyl groups is 1. The smallest absolute Gasteiger partial charge is 0.322 e. The number of nitrogens with zero attached hydrogens (tertiary/aromatic N) is 2. The summed E-state index contributed by atoms with van der Waals surface area (Å²) in [6, 6.07) is 7.04. The molecule has 3 amide bonds. The van der Waals surface area contributed by atoms with E-state index in [4.69, 9.17) is 0 Å². The molecule has 3 N–H and O–H groups in total. The number of carbonyl (C=O) groups is 2. The van der Waals surface area contributed by atoms with Crippen molar-refractivity contribution in [2.24, 2.45) is 0 Å². The van der Waals surface area contributed by atoms with Crippen LogP contribution >= 0.6 is 0 Å². The number of carbonyl (C=O) groups excluding carboxylic acids is 2. The summed E-state index contributed by atoms with van der Waals surface area (Å²) in [4.78, 5) is 27.8. The van der Waals surface area contributed by atoms with Crippen molar-refractivity contribution < 1.29 is 14.7 Å². The summed E-state index contributed by atoms with van der Waals surface area (Å²) in [7, 11) is 0. The standard InChI is InChI=1S/C18H28N4O3/c1-4-17(24)19-15-5-7-16(8-6-15)20-18(25)22-10-9-21(11-13(22)2)12-14(3)23/h5-8,13-14,23H,4,9-12H2,1-3H3,(H,19,24)(H,20,25). The van der Waals surface area contributed by atoms with E-state index in [9.17, 15) is 14.7 Å². The minimum atomic E-state index is -0.362. The lowest BCUT2D eigenvalue weighted by molar-refractivity contribution is -0.115. The Hall–Kier alpha value is -2.12. The number of benzene rings is 1. The average Bonchev–Trinajstić information content (AvgIpc) is 2.56. The van der Waals surface area contributed by atoms with Crippen LogP contribution in [0.25, 0.3) is 0 Å². The zero-order valence-corrected chi connectivity index (χ0v) is 15.2. The Morgan fingerprint density at radius 1 is 1.20 bits per heavy atom. The van der Waals surface area contributed by atoms with Gasteiger partial charge in [0.05, 0.1) is 6.10 Å². The number of urea groups is 1. The highest BCUT2D eigenvalue weighted by Crippen LogP contribution is 2.16. The van der Waals surface area contributed by atoms with Crippen LogP contribution in [-0.2, 0) is 4.79 Å². The molecule has 1 saturated heterocycles. The highest BCUT2D eigenvalue weighted by molar-refractivity contribution is 5.92. The van der Waals surface area contributed by atoms with E-state index >= 15 is 0 Å². The molecule has 1 aliphatic heterocycles. The number of hydrogen-bond donors (Lipinski definition) is 3. The van der Waals surface area contributed by atoms with Crippen LogP contribution in [-0.4, -0.2) is 65.2 Å². The summed E-state index contributed by atoms with van der Waals surface area (Å²) in [5.74, 6) is -0.0410. The molecule has 2 rings (SSSR count). The Balaban J connectivity index is 1.88. The summed E-state index contributed by atoms with van der Waals surface area (Å²) in [6.45, 7) is 8.35. The number of aliphatic hydroxyl groups excluding tert-OH is 1. The fourth-order valence-electron chi connectivity index (χ4n) is 2.96. The van der Waals surface area contributed by atoms with Gasteiger partial charge in [-0.15, -0.1) is 0 Å². The van der Waals surface area contributed by atoms with Gasteiger partial charge in [0.1, 0.15) is 0 Å². The van der Waals surface area contributed by atoms with E-state index in [1.807, 2.05) is 11.8 Å². The molecule has 1 aromatic rings. The van der Waals surface area contributed by atoms with E-state index in [1.54, 1.807) is 38.1 Å². The summed E-state index contributed by atoms with van der Waals surface area (Å²) >= 11 is 0. The molecular formula is C18H28N4O3. The second kappa shape index (κ2) is 8.82. The van der Waals surface area contributed by atoms with Gasteiger partial charge in [-0.3, -0.25) is 9.69 Å². The Labute approximate surface area is 149 Å². The maximum absolute atomic E-state index is 12.5. The molecule has 25 heavy (non-hydrogen) atoms. The predicted molar refractivity (Wildman–Crippen MR) is 98.7 cm³/mol. The SMILES string of the molecule is CCC(=O)Nc1ccc(NC(=O)N2CCN(CC(C)O)CC2C)cc1. The zero-order valence-electron chi connectivity index (χ0n) is 15.2. The average molecular weight is 348 g/mol. The van der Waals surface area contributed by atoms with Gasteiger partial charge in [0.15, 0.2) is 0 Å². The topological polar surface area (TPSA) is 84.9 Å². The molecule has 2 atom stereocenters. The molecule has 0 aromatic heterocycles. The van der Waals surface area contributed by atoms with E-state index in [-0.39, 0.29) is 24.1 Å². The monoisotopic (exact) mass is 348 g/mol. The van der Waals surface area contributed by atoms with Gasteiger partial charge in [-0.1, -0.05) is 6.92 Å². The maximum Gasteiger partial charge on any atom is 0.322 e. The number of nitrogens with one attached hydrogen (secondary N) is 2. The van der Waals surface area contributed by atoms with Gasteiger partial charge in [-0.25, -0.2) is 4.79 Å². The molecule has 0 bridgehead atoms. The normalized spacial score (nSPS) is 19.4. The van der Waals surface area contributed by atoms with Gasteiger partial charge >= 0.3 is 6.03 Å². The number of rotatable bonds is 5. The molecule has 7 nitrogen and oxygen atoms in total. The molecule has 2 unspecified atom stereocenters. The van der Waals surface area contributed by atoms with Crippen molar-refractivity contribution in [2.45, 2.75) is 39.3 Å². The first kappa shape index (κ1) is 19.2. The van der Waals surface area contributed by atoms with Crippen LogP contribution in [0.4, 0.5) is 16.2 Å². The highest BCUT2D eigenvalue weighted by Gasteiger charge is 2.27. The van der Waals surface area contributed by atoms with Crippen LogP contribution in [0.15, 0.2) is 24.3 Å². The number of anilines is 2. The van der Waals surface area contributed by atoms with Crippen molar-refractivity contribution in [2.75, 3.05) is 36.8 Å². The van der Waals surface area contributed by atoms with E-state index in [0.29, 0.717) is 30.9 Å². The van der Waals surface area contributed by atoms with E-state index in [0.717, 1.165) is 13.1 Å². The molecule has 0 aliphatic carbocycles. The van der Waals surface area contributed by atoms with Gasteiger partial charge in [0, 0.05) is 50.0 Å². The van der Waals surface area contributed by atoms with Crippen molar-refractivity contribution in [1.29, 1.82) is 0 Å². The first-order chi connectivity index (χ1) is 11.9. The molecule has 1 aliphatic rings. The third kappa shape index (κ3) is 5.72. The number of piperazine rings is 1. The lowest BCUT2D eigenvalue weighted by Gasteiger charge is -2.40. The lowest BCUT2D eigenvalue weighted by Crippen LogP contribution is -2.56. The highest BCUT2D eigenvalue weighted by atomic mass is 16.3. The van der Waals surface area contributed by atoms with E-state index in [1.165, 1.54) is 0 Å². The second-order valence-corrected chi connectivity index (χ2v) is 6.56. The van der Waals surface area contributed by atoms with Crippen LogP contribution in [0.3, 0.4) is 0 Å². The third-order valence-electron chi connectivity index (χ3n) is 4.24. The molecule has 0 spiro atoms. The van der Waals surface area contributed by atoms with Crippen LogP contribution in [0.1, 0.15) is 27.2 Å². The Morgan fingerprint density at radius 2 is 1.80 bits per heavy atom. The minimum absolute atomic E-state index is 0.0410. The summed E-state index contributed by atoms with van der Waals surface area (Å²) in [5, 5.41) is 15.2. The van der Waals surface area contributed by atoms with Crippen LogP contribution in [0, 0.1) is 0 Å². The number of hydrogen-bond acceptors (Lipinski definition) is 4.